The van der Waals surface area contributed by atoms with Crippen molar-refractivity contribution in [3.8, 4) is 0 Å². The van der Waals surface area contributed by atoms with Gasteiger partial charge in [-0.3, -0.25) is 0 Å². The lowest BCUT2D eigenvalue weighted by Gasteiger charge is -2.31. The molecule has 0 amide bonds. The Morgan fingerprint density at radius 3 is 2.47 bits per heavy atom. The summed E-state index contributed by atoms with van der Waals surface area (Å²) in [5.74, 6) is 0. The molecule has 0 aromatic heterocycles. The fourth-order valence-electron chi connectivity index (χ4n) is 2.21. The molecular weight excluding hydrogens is 184 g/mol. The minimum absolute atomic E-state index is 0.335. The number of nitrogens with one attached hydrogen (secondary N) is 1. The maximum absolute atomic E-state index is 5.89. The first-order chi connectivity index (χ1) is 7.03. The third-order valence-electron chi connectivity index (χ3n) is 3.34. The normalized spacial score (nSPS) is 27.7. The molecule has 1 aliphatic carbocycles. The fraction of sp³-hybridized carbons (Fsp3) is 0.846. The molecule has 2 nitrogen and oxygen atoms in total. The van der Waals surface area contributed by atoms with Crippen LogP contribution in [0, 0.1) is 5.41 Å². The fourth-order valence-corrected chi connectivity index (χ4v) is 2.21. The molecule has 1 rings (SSSR count). The summed E-state index contributed by atoms with van der Waals surface area (Å²) in [6, 6.07) is 1.14. The quantitative estimate of drug-likeness (QED) is 0.684. The number of allylic oxidation sites excluding steroid dienone is 1. The lowest BCUT2D eigenvalue weighted by Crippen LogP contribution is -2.41. The first-order valence-electron chi connectivity index (χ1n) is 6.13. The van der Waals surface area contributed by atoms with Crippen molar-refractivity contribution in [2.75, 3.05) is 6.54 Å². The number of nitrogens with two attached hydrogens (primary N) is 1. The second-order valence-corrected chi connectivity index (χ2v) is 5.65. The van der Waals surface area contributed by atoms with Crippen LogP contribution in [-0.2, 0) is 0 Å². The van der Waals surface area contributed by atoms with Crippen molar-refractivity contribution in [3.63, 3.8) is 0 Å². The molecule has 2 heteroatoms. The third kappa shape index (κ3) is 4.80. The van der Waals surface area contributed by atoms with Gasteiger partial charge in [-0.1, -0.05) is 19.9 Å². The van der Waals surface area contributed by atoms with E-state index in [9.17, 15) is 0 Å². The van der Waals surface area contributed by atoms with Crippen molar-refractivity contribution in [2.24, 2.45) is 11.1 Å². The topological polar surface area (TPSA) is 38.0 Å². The maximum atomic E-state index is 5.89. The van der Waals surface area contributed by atoms with E-state index >= 15 is 0 Å². The van der Waals surface area contributed by atoms with Crippen LogP contribution >= 0.6 is 0 Å². The Bertz CT molecular complexity index is 191. The Hall–Kier alpha value is -0.340. The van der Waals surface area contributed by atoms with Crippen molar-refractivity contribution < 1.29 is 0 Å². The van der Waals surface area contributed by atoms with Crippen LogP contribution in [0.2, 0.25) is 0 Å². The molecule has 15 heavy (non-hydrogen) atoms. The molecule has 1 saturated carbocycles. The molecule has 0 heterocycles. The van der Waals surface area contributed by atoms with Gasteiger partial charge in [0.2, 0.25) is 0 Å². The van der Waals surface area contributed by atoms with Gasteiger partial charge in [-0.05, 0) is 37.5 Å². The smallest absolute Gasteiger partial charge is 0.00684 e. The number of hydrogen-bond donors (Lipinski definition) is 2. The average molecular weight is 210 g/mol. The Balaban J connectivity index is 2.22. The molecule has 0 spiro atoms. The van der Waals surface area contributed by atoms with Crippen LogP contribution in [0.1, 0.15) is 46.0 Å². The summed E-state index contributed by atoms with van der Waals surface area (Å²) >= 11 is 0. The van der Waals surface area contributed by atoms with E-state index in [0.29, 0.717) is 17.5 Å². The zero-order chi connectivity index (χ0) is 11.3. The average Bonchev–Trinajstić information content (AvgIpc) is 2.17. The molecule has 3 N–H and O–H groups in total. The molecule has 1 fully saturated rings. The van der Waals surface area contributed by atoms with Crippen LogP contribution in [0.3, 0.4) is 0 Å². The summed E-state index contributed by atoms with van der Waals surface area (Å²) in [7, 11) is 0. The van der Waals surface area contributed by atoms with Crippen molar-refractivity contribution in [1.29, 1.82) is 0 Å². The van der Waals surface area contributed by atoms with E-state index < -0.39 is 0 Å². The van der Waals surface area contributed by atoms with Crippen LogP contribution in [0.5, 0.6) is 0 Å². The van der Waals surface area contributed by atoms with E-state index in [1.165, 1.54) is 25.7 Å². The van der Waals surface area contributed by atoms with Gasteiger partial charge in [0.25, 0.3) is 0 Å². The SMILES string of the molecule is C=CCC(C)(C)CNC1CCC(N)CC1. The van der Waals surface area contributed by atoms with Crippen molar-refractivity contribution in [1.82, 2.24) is 5.32 Å². The monoisotopic (exact) mass is 210 g/mol. The van der Waals surface area contributed by atoms with Gasteiger partial charge in [-0.15, -0.1) is 6.58 Å². The molecule has 0 saturated heterocycles. The molecule has 0 unspecified atom stereocenters. The highest BCUT2D eigenvalue weighted by atomic mass is 14.9. The Kier molecular flexibility index (Phi) is 4.81. The van der Waals surface area contributed by atoms with Gasteiger partial charge >= 0.3 is 0 Å². The van der Waals surface area contributed by atoms with Crippen molar-refractivity contribution in [2.45, 2.75) is 58.0 Å². The molecule has 0 atom stereocenters. The van der Waals surface area contributed by atoms with Crippen LogP contribution < -0.4 is 11.1 Å². The van der Waals surface area contributed by atoms with E-state index in [0.717, 1.165) is 13.0 Å². The minimum Gasteiger partial charge on any atom is -0.328 e. The highest BCUT2D eigenvalue weighted by Crippen LogP contribution is 2.22. The molecule has 0 bridgehead atoms. The number of hydrogen-bond acceptors (Lipinski definition) is 2. The predicted molar refractivity (Wildman–Crippen MR) is 66.8 cm³/mol. The zero-order valence-electron chi connectivity index (χ0n) is 10.3. The van der Waals surface area contributed by atoms with Gasteiger partial charge in [0.15, 0.2) is 0 Å². The summed E-state index contributed by atoms with van der Waals surface area (Å²) in [4.78, 5) is 0. The summed E-state index contributed by atoms with van der Waals surface area (Å²) in [6.07, 6.45) is 7.93. The molecule has 0 aliphatic heterocycles. The van der Waals surface area contributed by atoms with E-state index in [4.69, 9.17) is 5.73 Å². The van der Waals surface area contributed by atoms with Gasteiger partial charge < -0.3 is 11.1 Å². The molecular formula is C13H26N2. The molecule has 0 aromatic carbocycles. The van der Waals surface area contributed by atoms with Gasteiger partial charge in [-0.2, -0.15) is 0 Å². The Morgan fingerprint density at radius 2 is 1.93 bits per heavy atom. The number of rotatable bonds is 5. The second kappa shape index (κ2) is 5.66. The van der Waals surface area contributed by atoms with Gasteiger partial charge in [-0.25, -0.2) is 0 Å². The van der Waals surface area contributed by atoms with Gasteiger partial charge in [0.1, 0.15) is 0 Å². The second-order valence-electron chi connectivity index (χ2n) is 5.65. The van der Waals surface area contributed by atoms with E-state index in [-0.39, 0.29) is 0 Å². The summed E-state index contributed by atoms with van der Waals surface area (Å²) in [5.41, 5.74) is 6.22. The standard InChI is InChI=1S/C13H26N2/c1-4-9-13(2,3)10-15-12-7-5-11(14)6-8-12/h4,11-12,15H,1,5-10,14H2,2-3H3. The summed E-state index contributed by atoms with van der Waals surface area (Å²) in [6.45, 7) is 9.46. The highest BCUT2D eigenvalue weighted by Gasteiger charge is 2.21. The van der Waals surface area contributed by atoms with Crippen LogP contribution in [0.15, 0.2) is 12.7 Å². The molecule has 0 aromatic rings. The predicted octanol–water partition coefficient (Wildman–Crippen LogP) is 2.45. The van der Waals surface area contributed by atoms with Crippen LogP contribution in [-0.4, -0.2) is 18.6 Å². The minimum atomic E-state index is 0.335. The lowest BCUT2D eigenvalue weighted by molar-refractivity contribution is 0.280. The first-order valence-corrected chi connectivity index (χ1v) is 6.13. The molecule has 1 aliphatic rings. The largest absolute Gasteiger partial charge is 0.328 e. The van der Waals surface area contributed by atoms with Crippen molar-refractivity contribution >= 4 is 0 Å². The van der Waals surface area contributed by atoms with Crippen LogP contribution in [0.4, 0.5) is 0 Å². The molecule has 0 radical (unpaired) electrons. The third-order valence-corrected chi connectivity index (χ3v) is 3.34. The summed E-state index contributed by atoms with van der Waals surface area (Å²) < 4.78 is 0. The highest BCUT2D eigenvalue weighted by molar-refractivity contribution is 4.84. The summed E-state index contributed by atoms with van der Waals surface area (Å²) in [5, 5.41) is 3.66. The zero-order valence-corrected chi connectivity index (χ0v) is 10.3. The van der Waals surface area contributed by atoms with Crippen LogP contribution in [0.25, 0.3) is 0 Å². The maximum Gasteiger partial charge on any atom is 0.00684 e. The lowest BCUT2D eigenvalue weighted by atomic mass is 9.87. The molecule has 88 valence electrons. The first kappa shape index (κ1) is 12.7. The van der Waals surface area contributed by atoms with Gasteiger partial charge in [0, 0.05) is 18.6 Å². The van der Waals surface area contributed by atoms with Crippen molar-refractivity contribution in [3.05, 3.63) is 12.7 Å². The Morgan fingerprint density at radius 1 is 1.33 bits per heavy atom. The van der Waals surface area contributed by atoms with E-state index in [1.807, 2.05) is 6.08 Å². The van der Waals surface area contributed by atoms with Gasteiger partial charge in [0.05, 0.1) is 0 Å². The Labute approximate surface area is 94.3 Å². The van der Waals surface area contributed by atoms with E-state index in [2.05, 4.69) is 25.7 Å². The van der Waals surface area contributed by atoms with E-state index in [1.54, 1.807) is 0 Å².